The second kappa shape index (κ2) is 15.6. The normalized spacial score (nSPS) is 9.63. The number of hydrogen-bond donors (Lipinski definition) is 1. The summed E-state index contributed by atoms with van der Waals surface area (Å²) in [5.74, 6) is 0.0227. The molecule has 1 aromatic heterocycles. The molecule has 0 spiro atoms. The number of hydrogen-bond acceptors (Lipinski definition) is 4. The molecule has 2 aromatic carbocycles. The van der Waals surface area contributed by atoms with E-state index in [1.807, 2.05) is 37.4 Å². The zero-order chi connectivity index (χ0) is 20.7. The van der Waals surface area contributed by atoms with E-state index in [4.69, 9.17) is 9.84 Å². The predicted octanol–water partition coefficient (Wildman–Crippen LogP) is 4.10. The van der Waals surface area contributed by atoms with Gasteiger partial charge in [0.05, 0.1) is 0 Å². The molecule has 30 heavy (non-hydrogen) atoms. The van der Waals surface area contributed by atoms with Gasteiger partial charge in [-0.15, -0.1) is 0 Å². The summed E-state index contributed by atoms with van der Waals surface area (Å²) in [6.45, 7) is 1.16. The fraction of sp³-hybridized carbons (Fsp3) is 0.250. The maximum Gasteiger partial charge on any atom is -0.0184 e. The Hall–Kier alpha value is -2.18. The summed E-state index contributed by atoms with van der Waals surface area (Å²) in [4.78, 5) is 16.5. The number of nitrogens with zero attached hydrogens (tertiary/aromatic N) is 2. The van der Waals surface area contributed by atoms with Crippen LogP contribution in [0, 0.1) is 0 Å². The molecular formula is C24H29N2NaO3. The van der Waals surface area contributed by atoms with Crippen molar-refractivity contribution in [2.24, 2.45) is 0 Å². The average molecular weight is 416 g/mol. The van der Waals surface area contributed by atoms with Crippen molar-refractivity contribution in [1.29, 1.82) is 0 Å². The summed E-state index contributed by atoms with van der Waals surface area (Å²) in [5, 5.41) is 8.37. The van der Waals surface area contributed by atoms with Gasteiger partial charge in [-0.3, -0.25) is 0 Å². The number of anilines is 1. The number of benzene rings is 2. The molecule has 3 aromatic rings. The van der Waals surface area contributed by atoms with Gasteiger partial charge in [0.25, 0.3) is 0 Å². The van der Waals surface area contributed by atoms with Gasteiger partial charge in [-0.2, -0.15) is 0 Å². The van der Waals surface area contributed by atoms with Crippen LogP contribution in [0.3, 0.4) is 0 Å². The van der Waals surface area contributed by atoms with Crippen molar-refractivity contribution in [3.63, 3.8) is 0 Å². The minimum Gasteiger partial charge on any atom is -0.0622 e. The predicted molar refractivity (Wildman–Crippen MR) is 124 cm³/mol. The molecule has 0 radical (unpaired) electrons. The monoisotopic (exact) mass is 416 g/mol. The molecule has 6 heteroatoms. The first-order chi connectivity index (χ1) is 14.2. The van der Waals surface area contributed by atoms with Crippen LogP contribution < -0.4 is 4.90 Å². The summed E-state index contributed by atoms with van der Waals surface area (Å²) in [5.41, 5.74) is 2.55. The third-order valence-corrected chi connectivity index (χ3v) is 4.18. The molecule has 0 aliphatic carbocycles. The van der Waals surface area contributed by atoms with Gasteiger partial charge in [0.15, 0.2) is 0 Å². The zero-order valence-corrected chi connectivity index (χ0v) is 16.8. The number of carbonyl (C=O) groups is 1. The first kappa shape index (κ1) is 25.9. The van der Waals surface area contributed by atoms with Crippen molar-refractivity contribution in [3.8, 4) is 11.1 Å². The minimum absolute atomic E-state index is 0. The third-order valence-electron chi connectivity index (χ3n) is 4.18. The summed E-state index contributed by atoms with van der Waals surface area (Å²) >= 11 is 0. The Morgan fingerprint density at radius 2 is 1.47 bits per heavy atom. The number of aromatic nitrogens is 1. The maximum atomic E-state index is 10.2. The molecule has 154 valence electrons. The SMILES string of the molecule is CN(CCCCOCC(=O)O)c1ccccn1.[NaH].c1ccc(-c2ccccc2)cc1. The first-order valence-electron chi connectivity index (χ1n) is 9.69. The van der Waals surface area contributed by atoms with Gasteiger partial charge in [-0.1, -0.05) is 66.7 Å². The number of carboxylic acids is 1. The van der Waals surface area contributed by atoms with Crippen molar-refractivity contribution in [2.75, 3.05) is 31.7 Å². The number of unbranched alkanes of at least 4 members (excludes halogenated alkanes) is 1. The van der Waals surface area contributed by atoms with Crippen LogP contribution in [0.4, 0.5) is 5.82 Å². The molecule has 0 bridgehead atoms. The van der Waals surface area contributed by atoms with E-state index < -0.39 is 5.97 Å². The number of ether oxygens (including phenoxy) is 1. The summed E-state index contributed by atoms with van der Waals surface area (Å²) < 4.78 is 4.95. The standard InChI is InChI=1S/C12H18N2O3.C12H10.Na.H/c1-14(11-6-2-3-7-13-11)8-4-5-9-17-10-12(15)16;1-3-7-11(8-4-1)12-9-5-2-6-10-12;;/h2-3,6-7H,4-5,8-10H2,1H3,(H,15,16);1-10H;;. The van der Waals surface area contributed by atoms with E-state index >= 15 is 0 Å². The van der Waals surface area contributed by atoms with E-state index in [1.54, 1.807) is 6.20 Å². The topological polar surface area (TPSA) is 62.7 Å². The van der Waals surface area contributed by atoms with Crippen LogP contribution in [-0.2, 0) is 9.53 Å². The Morgan fingerprint density at radius 3 is 1.97 bits per heavy atom. The summed E-state index contributed by atoms with van der Waals surface area (Å²) in [6, 6.07) is 26.6. The molecule has 0 saturated carbocycles. The van der Waals surface area contributed by atoms with Gasteiger partial charge in [-0.05, 0) is 36.1 Å². The van der Waals surface area contributed by atoms with E-state index in [2.05, 4.69) is 58.4 Å². The molecule has 3 rings (SSSR count). The second-order valence-corrected chi connectivity index (χ2v) is 6.49. The molecule has 1 heterocycles. The van der Waals surface area contributed by atoms with Crippen LogP contribution in [-0.4, -0.2) is 72.4 Å². The van der Waals surface area contributed by atoms with Crippen LogP contribution in [0.1, 0.15) is 12.8 Å². The van der Waals surface area contributed by atoms with Crippen molar-refractivity contribution >= 4 is 41.3 Å². The Kier molecular flexibility index (Phi) is 13.5. The van der Waals surface area contributed by atoms with Gasteiger partial charge in [0.1, 0.15) is 12.4 Å². The van der Waals surface area contributed by atoms with E-state index in [9.17, 15) is 4.79 Å². The molecule has 0 amide bonds. The Bertz CT molecular complexity index is 780. The van der Waals surface area contributed by atoms with Crippen LogP contribution >= 0.6 is 0 Å². The average Bonchev–Trinajstić information content (AvgIpc) is 2.78. The molecule has 0 atom stereocenters. The Balaban J connectivity index is 0.000000304. The number of aliphatic carboxylic acids is 1. The van der Waals surface area contributed by atoms with Crippen LogP contribution in [0.25, 0.3) is 11.1 Å². The van der Waals surface area contributed by atoms with Crippen molar-refractivity contribution < 1.29 is 14.6 Å². The Labute approximate surface area is 201 Å². The minimum atomic E-state index is -0.921. The van der Waals surface area contributed by atoms with E-state index in [1.165, 1.54) is 11.1 Å². The Morgan fingerprint density at radius 1 is 0.900 bits per heavy atom. The van der Waals surface area contributed by atoms with Gasteiger partial charge in [0.2, 0.25) is 0 Å². The molecular weight excluding hydrogens is 387 g/mol. The summed E-state index contributed by atoms with van der Waals surface area (Å²) in [6.07, 6.45) is 3.57. The third kappa shape index (κ3) is 10.6. The fourth-order valence-corrected chi connectivity index (χ4v) is 2.67. The first-order valence-corrected chi connectivity index (χ1v) is 9.69. The van der Waals surface area contributed by atoms with Gasteiger partial charge in [-0.25, -0.2) is 9.78 Å². The maximum absolute atomic E-state index is 10.2. The second-order valence-electron chi connectivity index (χ2n) is 6.49. The molecule has 0 aliphatic rings. The van der Waals surface area contributed by atoms with Crippen LogP contribution in [0.5, 0.6) is 0 Å². The molecule has 1 N–H and O–H groups in total. The molecule has 0 aliphatic heterocycles. The fourth-order valence-electron chi connectivity index (χ4n) is 2.67. The van der Waals surface area contributed by atoms with Gasteiger partial charge >= 0.3 is 35.5 Å². The van der Waals surface area contributed by atoms with Crippen molar-refractivity contribution in [3.05, 3.63) is 85.1 Å². The molecule has 0 unspecified atom stereocenters. The number of rotatable bonds is 9. The van der Waals surface area contributed by atoms with E-state index in [0.29, 0.717) is 6.61 Å². The quantitative estimate of drug-likeness (QED) is 0.420. The van der Waals surface area contributed by atoms with Crippen LogP contribution in [0.15, 0.2) is 85.1 Å². The smallest absolute Gasteiger partial charge is 0.0184 e. The number of carboxylic acid groups (broad SMARTS) is 1. The van der Waals surface area contributed by atoms with Crippen LogP contribution in [0.2, 0.25) is 0 Å². The molecule has 5 nitrogen and oxygen atoms in total. The summed E-state index contributed by atoms with van der Waals surface area (Å²) in [7, 11) is 1.99. The van der Waals surface area contributed by atoms with Crippen molar-refractivity contribution in [1.82, 2.24) is 4.98 Å². The van der Waals surface area contributed by atoms with E-state index in [-0.39, 0.29) is 36.2 Å². The largest absolute Gasteiger partial charge is 0.0622 e. The molecule has 0 fully saturated rings. The number of pyridine rings is 1. The van der Waals surface area contributed by atoms with Crippen molar-refractivity contribution in [2.45, 2.75) is 12.8 Å². The van der Waals surface area contributed by atoms with Gasteiger partial charge < -0.3 is 14.7 Å². The zero-order valence-electron chi connectivity index (χ0n) is 16.8. The van der Waals surface area contributed by atoms with Gasteiger partial charge in [0, 0.05) is 26.4 Å². The molecule has 0 saturated heterocycles. The van der Waals surface area contributed by atoms with E-state index in [0.717, 1.165) is 25.2 Å².